The summed E-state index contributed by atoms with van der Waals surface area (Å²) in [5.41, 5.74) is 3.45. The summed E-state index contributed by atoms with van der Waals surface area (Å²) in [7, 11) is -1.13. The second kappa shape index (κ2) is 6.42. The quantitative estimate of drug-likeness (QED) is 0.894. The van der Waals surface area contributed by atoms with Crippen molar-refractivity contribution in [2.24, 2.45) is 13.0 Å². The van der Waals surface area contributed by atoms with Crippen LogP contribution in [0.5, 0.6) is 0 Å². The van der Waals surface area contributed by atoms with Crippen LogP contribution in [-0.2, 0) is 28.4 Å². The number of aromatic nitrogens is 1. The van der Waals surface area contributed by atoms with Gasteiger partial charge >= 0.3 is 0 Å². The van der Waals surface area contributed by atoms with E-state index in [4.69, 9.17) is 0 Å². The average molecular weight is 327 g/mol. The maximum absolute atomic E-state index is 12.2. The maximum Gasteiger partial charge on any atom is 0.223 e. The van der Waals surface area contributed by atoms with E-state index in [9.17, 15) is 13.2 Å². The van der Waals surface area contributed by atoms with Crippen molar-refractivity contribution < 1.29 is 13.2 Å². The van der Waals surface area contributed by atoms with E-state index in [2.05, 4.69) is 16.0 Å². The van der Waals surface area contributed by atoms with Crippen LogP contribution in [-0.4, -0.2) is 42.5 Å². The molecular weight excluding hydrogens is 302 g/mol. The third kappa shape index (κ3) is 3.70. The van der Waals surface area contributed by atoms with E-state index in [0.717, 1.165) is 11.3 Å². The van der Waals surface area contributed by atoms with Crippen LogP contribution in [0.4, 0.5) is 0 Å². The first-order chi connectivity index (χ1) is 10.2. The number of amides is 1. The second-order valence-corrected chi connectivity index (χ2v) is 8.09. The largest absolute Gasteiger partial charge is 0.352 e. The van der Waals surface area contributed by atoms with Gasteiger partial charge in [0.2, 0.25) is 15.9 Å². The molecule has 0 bridgehead atoms. The normalized spacial score (nSPS) is 17.6. The predicted molar refractivity (Wildman–Crippen MR) is 85.9 cm³/mol. The zero-order valence-electron chi connectivity index (χ0n) is 13.7. The molecule has 0 saturated carbocycles. The lowest BCUT2D eigenvalue weighted by atomic mass is 9.97. The number of rotatable bonds is 4. The van der Waals surface area contributed by atoms with Crippen LogP contribution in [0.3, 0.4) is 0 Å². The fraction of sp³-hybridized carbons (Fsp3) is 0.667. The number of hydrogen-bond donors (Lipinski definition) is 1. The van der Waals surface area contributed by atoms with Crippen LogP contribution >= 0.6 is 0 Å². The Labute approximate surface area is 132 Å². The monoisotopic (exact) mass is 327 g/mol. The van der Waals surface area contributed by atoms with Gasteiger partial charge < -0.3 is 9.88 Å². The van der Waals surface area contributed by atoms with Gasteiger partial charge in [0.25, 0.3) is 0 Å². The Bertz CT molecular complexity index is 656. The lowest BCUT2D eigenvalue weighted by molar-refractivity contribution is -0.126. The third-order valence-electron chi connectivity index (χ3n) is 4.63. The molecule has 0 aromatic carbocycles. The van der Waals surface area contributed by atoms with Crippen molar-refractivity contribution in [2.75, 3.05) is 19.3 Å². The fourth-order valence-corrected chi connectivity index (χ4v) is 3.76. The highest BCUT2D eigenvalue weighted by Gasteiger charge is 2.28. The van der Waals surface area contributed by atoms with Gasteiger partial charge in [-0.1, -0.05) is 0 Å². The molecule has 2 rings (SSSR count). The van der Waals surface area contributed by atoms with E-state index in [1.807, 2.05) is 20.9 Å². The molecule has 1 saturated heterocycles. The highest BCUT2D eigenvalue weighted by molar-refractivity contribution is 7.88. The lowest BCUT2D eigenvalue weighted by Gasteiger charge is -2.29. The van der Waals surface area contributed by atoms with Gasteiger partial charge in [-0.05, 0) is 38.3 Å². The van der Waals surface area contributed by atoms with Gasteiger partial charge in [0.05, 0.1) is 6.26 Å². The van der Waals surface area contributed by atoms with E-state index < -0.39 is 10.0 Å². The van der Waals surface area contributed by atoms with Gasteiger partial charge in [-0.3, -0.25) is 4.79 Å². The Kier molecular flexibility index (Phi) is 4.97. The maximum atomic E-state index is 12.2. The van der Waals surface area contributed by atoms with Crippen LogP contribution in [0, 0.1) is 19.8 Å². The Morgan fingerprint density at radius 3 is 2.36 bits per heavy atom. The van der Waals surface area contributed by atoms with Crippen LogP contribution in [0.15, 0.2) is 6.07 Å². The Hall–Kier alpha value is -1.34. The van der Waals surface area contributed by atoms with Crippen LogP contribution in [0.2, 0.25) is 0 Å². The molecule has 22 heavy (non-hydrogen) atoms. The van der Waals surface area contributed by atoms with Crippen molar-refractivity contribution in [3.63, 3.8) is 0 Å². The molecule has 1 fully saturated rings. The van der Waals surface area contributed by atoms with E-state index in [1.165, 1.54) is 16.3 Å². The Morgan fingerprint density at radius 2 is 1.91 bits per heavy atom. The molecule has 1 aromatic heterocycles. The number of nitrogens with zero attached hydrogens (tertiary/aromatic N) is 2. The highest BCUT2D eigenvalue weighted by atomic mass is 32.2. The van der Waals surface area contributed by atoms with E-state index in [0.29, 0.717) is 32.5 Å². The number of hydrogen-bond acceptors (Lipinski definition) is 3. The number of carbonyl (C=O) groups excluding carboxylic acids is 1. The summed E-state index contributed by atoms with van der Waals surface area (Å²) in [6.07, 6.45) is 2.39. The Morgan fingerprint density at radius 1 is 1.32 bits per heavy atom. The smallest absolute Gasteiger partial charge is 0.223 e. The molecule has 1 amide bonds. The zero-order valence-corrected chi connectivity index (χ0v) is 14.5. The van der Waals surface area contributed by atoms with E-state index in [1.54, 1.807) is 0 Å². The molecule has 0 unspecified atom stereocenters. The summed E-state index contributed by atoms with van der Waals surface area (Å²) >= 11 is 0. The SMILES string of the molecule is Cc1cc(CNC(=O)C2CCN(S(C)(=O)=O)CC2)c(C)n1C. The first-order valence-corrected chi connectivity index (χ1v) is 9.39. The average Bonchev–Trinajstić information content (AvgIpc) is 2.71. The third-order valence-corrected chi connectivity index (χ3v) is 5.93. The number of piperidine rings is 1. The predicted octanol–water partition coefficient (Wildman–Crippen LogP) is 0.930. The van der Waals surface area contributed by atoms with E-state index >= 15 is 0 Å². The number of carbonyl (C=O) groups is 1. The van der Waals surface area contributed by atoms with Crippen LogP contribution < -0.4 is 5.32 Å². The summed E-state index contributed by atoms with van der Waals surface area (Å²) in [6, 6.07) is 2.09. The van der Waals surface area contributed by atoms with Crippen molar-refractivity contribution in [2.45, 2.75) is 33.2 Å². The number of aryl methyl sites for hydroxylation is 1. The first kappa shape index (κ1) is 17.0. The lowest BCUT2D eigenvalue weighted by Crippen LogP contribution is -2.42. The minimum Gasteiger partial charge on any atom is -0.352 e. The molecule has 1 N–H and O–H groups in total. The van der Waals surface area contributed by atoms with Crippen molar-refractivity contribution in [3.8, 4) is 0 Å². The van der Waals surface area contributed by atoms with Gasteiger partial charge in [-0.2, -0.15) is 0 Å². The molecule has 7 heteroatoms. The molecule has 0 aliphatic carbocycles. The first-order valence-electron chi connectivity index (χ1n) is 7.54. The van der Waals surface area contributed by atoms with Crippen LogP contribution in [0.1, 0.15) is 29.8 Å². The van der Waals surface area contributed by atoms with Crippen molar-refractivity contribution in [1.82, 2.24) is 14.2 Å². The summed E-state index contributed by atoms with van der Waals surface area (Å²) < 4.78 is 26.5. The van der Waals surface area contributed by atoms with Gasteiger partial charge in [-0.25, -0.2) is 12.7 Å². The van der Waals surface area contributed by atoms with Gasteiger partial charge in [0.15, 0.2) is 0 Å². The molecule has 6 nitrogen and oxygen atoms in total. The molecule has 0 spiro atoms. The molecule has 124 valence electrons. The van der Waals surface area contributed by atoms with E-state index in [-0.39, 0.29) is 11.8 Å². The summed E-state index contributed by atoms with van der Waals surface area (Å²) in [5, 5.41) is 2.98. The number of sulfonamides is 1. The van der Waals surface area contributed by atoms with Crippen molar-refractivity contribution >= 4 is 15.9 Å². The second-order valence-electron chi connectivity index (χ2n) is 6.11. The van der Waals surface area contributed by atoms with Crippen molar-refractivity contribution in [1.29, 1.82) is 0 Å². The summed E-state index contributed by atoms with van der Waals surface area (Å²) in [6.45, 7) is 5.47. The molecule has 1 aliphatic heterocycles. The molecule has 2 heterocycles. The number of nitrogens with one attached hydrogen (secondary N) is 1. The van der Waals surface area contributed by atoms with Crippen LogP contribution in [0.25, 0.3) is 0 Å². The Balaban J connectivity index is 1.87. The highest BCUT2D eigenvalue weighted by Crippen LogP contribution is 2.20. The molecule has 1 aliphatic rings. The van der Waals surface area contributed by atoms with Gasteiger partial charge in [0.1, 0.15) is 0 Å². The van der Waals surface area contributed by atoms with Gasteiger partial charge in [-0.15, -0.1) is 0 Å². The standard InChI is InChI=1S/C15H25N3O3S/c1-11-9-14(12(2)17(11)3)10-16-15(19)13-5-7-18(8-6-13)22(4,20)21/h9,13H,5-8,10H2,1-4H3,(H,16,19). The molecular formula is C15H25N3O3S. The van der Waals surface area contributed by atoms with Crippen molar-refractivity contribution in [3.05, 3.63) is 23.0 Å². The summed E-state index contributed by atoms with van der Waals surface area (Å²) in [4.78, 5) is 12.2. The minimum absolute atomic E-state index is 0.0223. The molecule has 0 atom stereocenters. The van der Waals surface area contributed by atoms with Gasteiger partial charge in [0, 0.05) is 44.0 Å². The zero-order chi connectivity index (χ0) is 16.5. The molecule has 1 aromatic rings. The minimum atomic E-state index is -3.14. The summed E-state index contributed by atoms with van der Waals surface area (Å²) in [5.74, 6) is -0.0721. The fourth-order valence-electron chi connectivity index (χ4n) is 2.89. The molecule has 0 radical (unpaired) electrons. The topological polar surface area (TPSA) is 71.4 Å².